The van der Waals surface area contributed by atoms with Crippen molar-refractivity contribution in [1.29, 1.82) is 0 Å². The first-order valence-corrected chi connectivity index (χ1v) is 13.7. The summed E-state index contributed by atoms with van der Waals surface area (Å²) < 4.78 is 0. The van der Waals surface area contributed by atoms with Gasteiger partial charge in [-0.3, -0.25) is 24.0 Å². The van der Waals surface area contributed by atoms with Gasteiger partial charge in [-0.05, 0) is 56.1 Å². The van der Waals surface area contributed by atoms with Crippen LogP contribution >= 0.6 is 0 Å². The Bertz CT molecular complexity index is 956. The molecule has 5 heteroatoms. The van der Waals surface area contributed by atoms with Gasteiger partial charge in [0.25, 0.3) is 0 Å². The fraction of sp³-hybridized carbons (Fsp3) is 0.645. The number of hydrogen-bond acceptors (Lipinski definition) is 5. The molecule has 0 aliphatic heterocycles. The van der Waals surface area contributed by atoms with Crippen molar-refractivity contribution in [3.63, 3.8) is 0 Å². The third-order valence-electron chi connectivity index (χ3n) is 6.90. The summed E-state index contributed by atoms with van der Waals surface area (Å²) in [5.41, 5.74) is 2.45. The lowest BCUT2D eigenvalue weighted by Gasteiger charge is -2.32. The second-order valence-corrected chi connectivity index (χ2v) is 10.7. The first-order valence-electron chi connectivity index (χ1n) is 13.7. The normalized spacial score (nSPS) is 16.5. The molecule has 0 aromatic heterocycles. The molecule has 3 atom stereocenters. The lowest BCUT2D eigenvalue weighted by atomic mass is 9.71. The quantitative estimate of drug-likeness (QED) is 0.177. The van der Waals surface area contributed by atoms with E-state index in [9.17, 15) is 24.0 Å². The highest BCUT2D eigenvalue weighted by Crippen LogP contribution is 2.37. The van der Waals surface area contributed by atoms with Crippen LogP contribution < -0.4 is 0 Å². The van der Waals surface area contributed by atoms with Crippen LogP contribution in [0.4, 0.5) is 0 Å². The van der Waals surface area contributed by atoms with E-state index in [2.05, 4.69) is 20.8 Å². The number of carbonyl (C=O) groups excluding carboxylic acids is 5. The molecule has 0 N–H and O–H groups in total. The van der Waals surface area contributed by atoms with Crippen LogP contribution in [0.2, 0.25) is 0 Å². The molecule has 0 heterocycles. The van der Waals surface area contributed by atoms with Crippen molar-refractivity contribution in [1.82, 2.24) is 0 Å². The van der Waals surface area contributed by atoms with Crippen molar-refractivity contribution >= 4 is 28.9 Å². The zero-order valence-electron chi connectivity index (χ0n) is 23.7. The van der Waals surface area contributed by atoms with Crippen molar-refractivity contribution in [3.8, 4) is 0 Å². The van der Waals surface area contributed by atoms with Crippen molar-refractivity contribution in [2.75, 3.05) is 0 Å². The van der Waals surface area contributed by atoms with Gasteiger partial charge in [-0.1, -0.05) is 72.9 Å². The van der Waals surface area contributed by atoms with Gasteiger partial charge in [0.05, 0.1) is 6.42 Å². The highest BCUT2D eigenvalue weighted by atomic mass is 16.2. The van der Waals surface area contributed by atoms with Crippen molar-refractivity contribution < 1.29 is 24.0 Å². The van der Waals surface area contributed by atoms with Crippen LogP contribution in [0, 0.1) is 30.6 Å². The summed E-state index contributed by atoms with van der Waals surface area (Å²) in [4.78, 5) is 62.8. The second kappa shape index (κ2) is 15.0. The summed E-state index contributed by atoms with van der Waals surface area (Å²) >= 11 is 0. The van der Waals surface area contributed by atoms with E-state index >= 15 is 0 Å². The Morgan fingerprint density at radius 2 is 1.61 bits per heavy atom. The molecular weight excluding hydrogens is 452 g/mol. The number of Topliss-reactive ketones (excluding diaryl/α,β-unsaturated/α-hetero) is 5. The van der Waals surface area contributed by atoms with Gasteiger partial charge < -0.3 is 0 Å². The first kappa shape index (κ1) is 31.6. The van der Waals surface area contributed by atoms with E-state index in [0.717, 1.165) is 18.4 Å². The Morgan fingerprint density at radius 3 is 2.11 bits per heavy atom. The topological polar surface area (TPSA) is 85.3 Å². The SMILES string of the molecule is CCC.CCCC(CC1CC(=O)c2c(C)ccc(C(=O)C(=O)C(C)C)c2C1)C(CC)C(=O)CC(C)=O. The fourth-order valence-corrected chi connectivity index (χ4v) is 5.35. The molecule has 0 saturated carbocycles. The highest BCUT2D eigenvalue weighted by Gasteiger charge is 2.35. The van der Waals surface area contributed by atoms with Gasteiger partial charge in [0.2, 0.25) is 11.6 Å². The molecule has 36 heavy (non-hydrogen) atoms. The van der Waals surface area contributed by atoms with Crippen LogP contribution in [0.3, 0.4) is 0 Å². The maximum absolute atomic E-state index is 13.1. The molecule has 2 rings (SSSR count). The highest BCUT2D eigenvalue weighted by molar-refractivity contribution is 6.44. The summed E-state index contributed by atoms with van der Waals surface area (Å²) in [6.07, 6.45) is 5.26. The van der Waals surface area contributed by atoms with E-state index in [1.54, 1.807) is 26.0 Å². The van der Waals surface area contributed by atoms with Crippen LogP contribution in [-0.4, -0.2) is 28.9 Å². The van der Waals surface area contributed by atoms with Crippen LogP contribution in [0.15, 0.2) is 12.1 Å². The largest absolute Gasteiger partial charge is 0.300 e. The molecule has 0 bridgehead atoms. The number of rotatable bonds is 12. The van der Waals surface area contributed by atoms with Gasteiger partial charge in [-0.2, -0.15) is 0 Å². The molecule has 1 aliphatic rings. The Kier molecular flexibility index (Phi) is 13.1. The Balaban J connectivity index is 0.00000205. The minimum absolute atomic E-state index is 0.00299. The predicted molar refractivity (Wildman–Crippen MR) is 145 cm³/mol. The van der Waals surface area contributed by atoms with Crippen LogP contribution in [-0.2, 0) is 20.8 Å². The molecule has 1 aliphatic carbocycles. The van der Waals surface area contributed by atoms with Gasteiger partial charge in [0.15, 0.2) is 5.78 Å². The third-order valence-corrected chi connectivity index (χ3v) is 6.90. The minimum Gasteiger partial charge on any atom is -0.300 e. The molecular formula is C31H46O5. The molecule has 5 nitrogen and oxygen atoms in total. The van der Waals surface area contributed by atoms with Gasteiger partial charge in [-0.15, -0.1) is 0 Å². The monoisotopic (exact) mass is 498 g/mol. The smallest absolute Gasteiger partial charge is 0.229 e. The summed E-state index contributed by atoms with van der Waals surface area (Å²) in [7, 11) is 0. The maximum atomic E-state index is 13.1. The van der Waals surface area contributed by atoms with Crippen LogP contribution in [0.1, 0.15) is 125 Å². The molecule has 0 amide bonds. The van der Waals surface area contributed by atoms with E-state index in [1.165, 1.54) is 13.3 Å². The average molecular weight is 499 g/mol. The lowest BCUT2D eigenvalue weighted by molar-refractivity contribution is -0.130. The van der Waals surface area contributed by atoms with Gasteiger partial charge in [-0.25, -0.2) is 0 Å². The summed E-state index contributed by atoms with van der Waals surface area (Å²) in [5, 5.41) is 0. The molecule has 0 fully saturated rings. The minimum atomic E-state index is -0.525. The average Bonchev–Trinajstić information content (AvgIpc) is 2.78. The molecule has 1 aromatic rings. The van der Waals surface area contributed by atoms with Crippen molar-refractivity contribution in [2.24, 2.45) is 23.7 Å². The van der Waals surface area contributed by atoms with Crippen molar-refractivity contribution in [2.45, 2.75) is 107 Å². The predicted octanol–water partition coefficient (Wildman–Crippen LogP) is 6.95. The number of carbonyl (C=O) groups is 5. The van der Waals surface area contributed by atoms with E-state index in [0.29, 0.717) is 42.4 Å². The van der Waals surface area contributed by atoms with Gasteiger partial charge >= 0.3 is 0 Å². The van der Waals surface area contributed by atoms with E-state index < -0.39 is 17.5 Å². The Morgan fingerprint density at radius 1 is 1.00 bits per heavy atom. The Hall–Kier alpha value is -2.43. The number of benzene rings is 1. The molecule has 0 spiro atoms. The fourth-order valence-electron chi connectivity index (χ4n) is 5.35. The zero-order valence-corrected chi connectivity index (χ0v) is 23.7. The number of fused-ring (bicyclic) bond motifs is 1. The number of ketones is 5. The maximum Gasteiger partial charge on any atom is 0.229 e. The molecule has 200 valence electrons. The second-order valence-electron chi connectivity index (χ2n) is 10.7. The van der Waals surface area contributed by atoms with E-state index in [-0.39, 0.29) is 41.5 Å². The van der Waals surface area contributed by atoms with Crippen LogP contribution in [0.25, 0.3) is 0 Å². The van der Waals surface area contributed by atoms with Crippen molar-refractivity contribution in [3.05, 3.63) is 34.4 Å². The Labute approximate surface area is 217 Å². The first-order chi connectivity index (χ1) is 16.9. The number of aryl methyl sites for hydroxylation is 1. The third kappa shape index (κ3) is 8.31. The van der Waals surface area contributed by atoms with E-state index in [4.69, 9.17) is 0 Å². The standard InChI is InChI=1S/C28H38O5.C3H8/c1-7-9-20(21(8-2)24(30)12-18(6)29)13-19-14-23-22(28(33)27(32)16(3)4)11-10-17(5)26(23)25(31)15-19;1-3-2/h10-11,16,19-21H,7-9,12-15H2,1-6H3;3H2,1-2H3. The van der Waals surface area contributed by atoms with Crippen LogP contribution in [0.5, 0.6) is 0 Å². The summed E-state index contributed by atoms with van der Waals surface area (Å²) in [6.45, 7) is 15.0. The molecule has 1 aromatic carbocycles. The molecule has 0 saturated heterocycles. The van der Waals surface area contributed by atoms with E-state index in [1.807, 2.05) is 13.8 Å². The lowest BCUT2D eigenvalue weighted by Crippen LogP contribution is -2.31. The summed E-state index contributed by atoms with van der Waals surface area (Å²) in [6, 6.07) is 3.44. The zero-order chi connectivity index (χ0) is 27.6. The molecule has 0 radical (unpaired) electrons. The summed E-state index contributed by atoms with van der Waals surface area (Å²) in [5.74, 6) is -1.62. The van der Waals surface area contributed by atoms with Gasteiger partial charge in [0, 0.05) is 29.4 Å². The number of hydrogen-bond donors (Lipinski definition) is 0. The van der Waals surface area contributed by atoms with Gasteiger partial charge in [0.1, 0.15) is 11.6 Å². The molecule has 3 unspecified atom stereocenters.